The lowest BCUT2D eigenvalue weighted by molar-refractivity contribution is 0.0617. The van der Waals surface area contributed by atoms with Gasteiger partial charge in [-0.2, -0.15) is 0 Å². The molecule has 0 aliphatic carbocycles. The van der Waals surface area contributed by atoms with Gasteiger partial charge < -0.3 is 0 Å². The summed E-state index contributed by atoms with van der Waals surface area (Å²) >= 11 is 0. The number of nitrogens with zero attached hydrogens (tertiary/aromatic N) is 1. The Bertz CT molecular complexity index is 357. The van der Waals surface area contributed by atoms with E-state index in [2.05, 4.69) is 49.1 Å². The highest BCUT2D eigenvalue weighted by Gasteiger charge is 2.29. The minimum Gasteiger partial charge on any atom is -0.293 e. The van der Waals surface area contributed by atoms with Gasteiger partial charge in [0.25, 0.3) is 0 Å². The predicted octanol–water partition coefficient (Wildman–Crippen LogP) is 5.79. The molecule has 0 saturated carbocycles. The highest BCUT2D eigenvalue weighted by atomic mass is 15.2. The molecule has 0 amide bonds. The molecule has 0 N–H and O–H groups in total. The summed E-state index contributed by atoms with van der Waals surface area (Å²) in [5, 5.41) is 0. The Morgan fingerprint density at radius 1 is 0.905 bits per heavy atom. The van der Waals surface area contributed by atoms with Crippen LogP contribution in [0, 0.1) is 0 Å². The van der Waals surface area contributed by atoms with Crippen molar-refractivity contribution in [3.63, 3.8) is 0 Å². The third-order valence-corrected chi connectivity index (χ3v) is 5.00. The zero-order valence-electron chi connectivity index (χ0n) is 14.1. The highest BCUT2D eigenvalue weighted by Crippen LogP contribution is 2.30. The second kappa shape index (κ2) is 9.25. The maximum atomic E-state index is 2.85. The molecule has 0 spiro atoms. The summed E-state index contributed by atoms with van der Waals surface area (Å²) < 4.78 is 0. The van der Waals surface area contributed by atoms with Crippen LogP contribution in [0.4, 0.5) is 0 Å². The molecular weight excluding hydrogens is 254 g/mol. The van der Waals surface area contributed by atoms with Crippen LogP contribution in [0.3, 0.4) is 0 Å². The lowest BCUT2D eigenvalue weighted by Gasteiger charge is -2.43. The summed E-state index contributed by atoms with van der Waals surface area (Å²) in [5.41, 5.74) is 1.49. The number of likely N-dealkylation sites (tertiary alicyclic amines) is 1. The van der Waals surface area contributed by atoms with E-state index in [1.807, 2.05) is 0 Å². The van der Waals surface area contributed by atoms with E-state index in [9.17, 15) is 0 Å². The normalized spacial score (nSPS) is 23.3. The van der Waals surface area contributed by atoms with Crippen molar-refractivity contribution in [3.05, 3.63) is 35.9 Å². The van der Waals surface area contributed by atoms with Gasteiger partial charge in [0.15, 0.2) is 0 Å². The Morgan fingerprint density at radius 2 is 1.48 bits per heavy atom. The van der Waals surface area contributed by atoms with Gasteiger partial charge in [0, 0.05) is 18.6 Å². The summed E-state index contributed by atoms with van der Waals surface area (Å²) in [6.07, 6.45) is 12.5. The van der Waals surface area contributed by atoms with E-state index in [-0.39, 0.29) is 0 Å². The van der Waals surface area contributed by atoms with E-state index in [0.717, 1.165) is 18.6 Å². The summed E-state index contributed by atoms with van der Waals surface area (Å²) in [4.78, 5) is 2.85. The molecule has 1 nitrogen and oxygen atoms in total. The van der Waals surface area contributed by atoms with E-state index in [0.29, 0.717) is 0 Å². The fourth-order valence-electron chi connectivity index (χ4n) is 3.77. The minimum absolute atomic E-state index is 0.820. The van der Waals surface area contributed by atoms with Crippen LogP contribution in [-0.4, -0.2) is 17.0 Å². The standard InChI is InChI=1S/C20H33N/c1-3-5-13-19-15-10-16-20(14-6-4-2)21(19)17-18-11-8-7-9-12-18/h7-9,11-12,19-20H,3-6,10,13-17H2,1-2H3. The zero-order valence-corrected chi connectivity index (χ0v) is 14.1. The first-order chi connectivity index (χ1) is 10.3. The van der Waals surface area contributed by atoms with Gasteiger partial charge >= 0.3 is 0 Å². The molecule has 1 aliphatic rings. The first-order valence-corrected chi connectivity index (χ1v) is 9.14. The first kappa shape index (κ1) is 16.5. The maximum absolute atomic E-state index is 2.85. The highest BCUT2D eigenvalue weighted by molar-refractivity contribution is 5.15. The number of unbranched alkanes of at least 4 members (excludes halogenated alkanes) is 2. The van der Waals surface area contributed by atoms with E-state index in [1.54, 1.807) is 0 Å². The summed E-state index contributed by atoms with van der Waals surface area (Å²) in [5.74, 6) is 0. The number of hydrogen-bond acceptors (Lipinski definition) is 1. The Labute approximate surface area is 131 Å². The zero-order chi connectivity index (χ0) is 14.9. The topological polar surface area (TPSA) is 3.24 Å². The van der Waals surface area contributed by atoms with Crippen LogP contribution in [0.25, 0.3) is 0 Å². The monoisotopic (exact) mass is 287 g/mol. The molecule has 1 aromatic rings. The van der Waals surface area contributed by atoms with Crippen molar-refractivity contribution in [2.45, 2.75) is 90.3 Å². The molecule has 1 aliphatic heterocycles. The molecule has 2 atom stereocenters. The second-order valence-electron chi connectivity index (χ2n) is 6.68. The van der Waals surface area contributed by atoms with Gasteiger partial charge in [-0.15, -0.1) is 0 Å². The lowest BCUT2D eigenvalue weighted by atomic mass is 9.89. The molecule has 118 valence electrons. The van der Waals surface area contributed by atoms with E-state index in [1.165, 1.54) is 63.4 Å². The molecule has 0 aromatic heterocycles. The summed E-state index contributed by atoms with van der Waals surface area (Å²) in [6.45, 7) is 5.79. The SMILES string of the molecule is CCCCC1CCCC(CCCC)N1Cc1ccccc1. The molecule has 21 heavy (non-hydrogen) atoms. The lowest BCUT2D eigenvalue weighted by Crippen LogP contribution is -2.46. The fourth-order valence-corrected chi connectivity index (χ4v) is 3.77. The largest absolute Gasteiger partial charge is 0.293 e. The summed E-state index contributed by atoms with van der Waals surface area (Å²) in [6, 6.07) is 12.7. The first-order valence-electron chi connectivity index (χ1n) is 9.14. The van der Waals surface area contributed by atoms with Gasteiger partial charge in [-0.05, 0) is 31.2 Å². The maximum Gasteiger partial charge on any atom is 0.0239 e. The van der Waals surface area contributed by atoms with Crippen molar-refractivity contribution in [2.24, 2.45) is 0 Å². The molecular formula is C20H33N. The fraction of sp³-hybridized carbons (Fsp3) is 0.700. The van der Waals surface area contributed by atoms with Crippen molar-refractivity contribution in [2.75, 3.05) is 0 Å². The van der Waals surface area contributed by atoms with Crippen molar-refractivity contribution < 1.29 is 0 Å². The van der Waals surface area contributed by atoms with Crippen LogP contribution < -0.4 is 0 Å². The van der Waals surface area contributed by atoms with E-state index < -0.39 is 0 Å². The van der Waals surface area contributed by atoms with Crippen LogP contribution in [0.2, 0.25) is 0 Å². The van der Waals surface area contributed by atoms with Crippen LogP contribution in [0.15, 0.2) is 30.3 Å². The van der Waals surface area contributed by atoms with Crippen molar-refractivity contribution >= 4 is 0 Å². The van der Waals surface area contributed by atoms with Crippen LogP contribution >= 0.6 is 0 Å². The third-order valence-electron chi connectivity index (χ3n) is 5.00. The van der Waals surface area contributed by atoms with Crippen molar-refractivity contribution in [3.8, 4) is 0 Å². The average Bonchev–Trinajstić information content (AvgIpc) is 2.53. The predicted molar refractivity (Wildman–Crippen MR) is 92.5 cm³/mol. The molecule has 1 fully saturated rings. The number of benzene rings is 1. The Balaban J connectivity index is 2.04. The molecule has 2 rings (SSSR count). The molecule has 1 aromatic carbocycles. The Kier molecular flexibility index (Phi) is 7.29. The van der Waals surface area contributed by atoms with E-state index >= 15 is 0 Å². The number of piperidine rings is 1. The third kappa shape index (κ3) is 5.14. The molecule has 1 heterocycles. The summed E-state index contributed by atoms with van der Waals surface area (Å²) in [7, 11) is 0. The Morgan fingerprint density at radius 3 is 2.00 bits per heavy atom. The minimum atomic E-state index is 0.820. The average molecular weight is 287 g/mol. The van der Waals surface area contributed by atoms with Gasteiger partial charge in [-0.25, -0.2) is 0 Å². The Hall–Kier alpha value is -0.820. The van der Waals surface area contributed by atoms with Gasteiger partial charge in [0.2, 0.25) is 0 Å². The number of rotatable bonds is 8. The van der Waals surface area contributed by atoms with Crippen LogP contribution in [0.1, 0.15) is 77.2 Å². The van der Waals surface area contributed by atoms with Gasteiger partial charge in [0.1, 0.15) is 0 Å². The van der Waals surface area contributed by atoms with Crippen molar-refractivity contribution in [1.82, 2.24) is 4.90 Å². The van der Waals surface area contributed by atoms with Crippen molar-refractivity contribution in [1.29, 1.82) is 0 Å². The molecule has 0 radical (unpaired) electrons. The van der Waals surface area contributed by atoms with Crippen LogP contribution in [-0.2, 0) is 6.54 Å². The van der Waals surface area contributed by atoms with Gasteiger partial charge in [-0.3, -0.25) is 4.90 Å². The smallest absolute Gasteiger partial charge is 0.0239 e. The van der Waals surface area contributed by atoms with Gasteiger partial charge in [-0.1, -0.05) is 76.3 Å². The van der Waals surface area contributed by atoms with Crippen LogP contribution in [0.5, 0.6) is 0 Å². The van der Waals surface area contributed by atoms with Gasteiger partial charge in [0.05, 0.1) is 0 Å². The quantitative estimate of drug-likeness (QED) is 0.585. The molecule has 1 saturated heterocycles. The molecule has 2 unspecified atom stereocenters. The second-order valence-corrected chi connectivity index (χ2v) is 6.68. The number of hydrogen-bond donors (Lipinski definition) is 0. The van der Waals surface area contributed by atoms with E-state index in [4.69, 9.17) is 0 Å². The molecule has 1 heteroatoms. The molecule has 0 bridgehead atoms.